The Labute approximate surface area is 124 Å². The van der Waals surface area contributed by atoms with Crippen LogP contribution < -0.4 is 15.8 Å². The maximum Gasteiger partial charge on any atom is 0.139 e. The van der Waals surface area contributed by atoms with E-state index >= 15 is 0 Å². The van der Waals surface area contributed by atoms with E-state index in [2.05, 4.69) is 15.3 Å². The minimum absolute atomic E-state index is 0.480. The molecule has 1 aliphatic carbocycles. The number of nitrogens with two attached hydrogens (primary N) is 1. The molecule has 5 heteroatoms. The van der Waals surface area contributed by atoms with E-state index in [0.29, 0.717) is 18.3 Å². The van der Waals surface area contributed by atoms with Crippen LogP contribution in [0, 0.1) is 6.92 Å². The Morgan fingerprint density at radius 2 is 1.95 bits per heavy atom. The minimum atomic E-state index is 0.480. The number of nitrogen functional groups attached to an aromatic ring is 1. The summed E-state index contributed by atoms with van der Waals surface area (Å²) in [5, 5.41) is 3.32. The average Bonchev–Trinajstić information content (AvgIpc) is 3.30. The van der Waals surface area contributed by atoms with Crippen LogP contribution in [0.15, 0.2) is 24.3 Å². The van der Waals surface area contributed by atoms with Crippen molar-refractivity contribution in [3.63, 3.8) is 0 Å². The van der Waals surface area contributed by atoms with Gasteiger partial charge in [-0.25, -0.2) is 9.97 Å². The van der Waals surface area contributed by atoms with E-state index in [1.54, 1.807) is 0 Å². The van der Waals surface area contributed by atoms with Crippen molar-refractivity contribution in [2.45, 2.75) is 32.6 Å². The van der Waals surface area contributed by atoms with Crippen LogP contribution in [-0.4, -0.2) is 16.6 Å². The third kappa shape index (κ3) is 3.07. The largest absolute Gasteiger partial charge is 0.494 e. The van der Waals surface area contributed by atoms with E-state index in [-0.39, 0.29) is 0 Å². The first-order valence-electron chi connectivity index (χ1n) is 7.31. The van der Waals surface area contributed by atoms with Crippen LogP contribution in [0.4, 0.5) is 17.3 Å². The number of hydrogen-bond donors (Lipinski definition) is 2. The molecule has 2 aromatic rings. The van der Waals surface area contributed by atoms with Gasteiger partial charge in [0.2, 0.25) is 0 Å². The smallest absolute Gasteiger partial charge is 0.139 e. The summed E-state index contributed by atoms with van der Waals surface area (Å²) in [6.45, 7) is 4.57. The number of rotatable bonds is 5. The lowest BCUT2D eigenvalue weighted by molar-refractivity contribution is 0.340. The van der Waals surface area contributed by atoms with E-state index in [4.69, 9.17) is 10.5 Å². The molecular weight excluding hydrogens is 264 g/mol. The maximum absolute atomic E-state index is 5.99. The average molecular weight is 284 g/mol. The molecule has 1 aromatic heterocycles. The molecule has 1 aromatic carbocycles. The molecule has 1 saturated carbocycles. The van der Waals surface area contributed by atoms with E-state index in [1.807, 2.05) is 38.1 Å². The van der Waals surface area contributed by atoms with Crippen molar-refractivity contribution in [2.75, 3.05) is 17.7 Å². The molecule has 0 unspecified atom stereocenters. The topological polar surface area (TPSA) is 73.1 Å². The maximum atomic E-state index is 5.99. The van der Waals surface area contributed by atoms with Gasteiger partial charge < -0.3 is 15.8 Å². The van der Waals surface area contributed by atoms with Gasteiger partial charge in [-0.3, -0.25) is 0 Å². The highest BCUT2D eigenvalue weighted by molar-refractivity contribution is 5.64. The molecule has 110 valence electrons. The highest BCUT2D eigenvalue weighted by Gasteiger charge is 2.27. The molecule has 0 aliphatic heterocycles. The third-order valence-corrected chi connectivity index (χ3v) is 3.57. The first-order chi connectivity index (χ1) is 10.2. The summed E-state index contributed by atoms with van der Waals surface area (Å²) in [6.07, 6.45) is 2.32. The normalized spacial score (nSPS) is 14.0. The van der Waals surface area contributed by atoms with Gasteiger partial charge in [0, 0.05) is 17.2 Å². The molecule has 0 bridgehead atoms. The lowest BCUT2D eigenvalue weighted by Crippen LogP contribution is -2.06. The van der Waals surface area contributed by atoms with Crippen LogP contribution in [0.25, 0.3) is 0 Å². The second-order valence-electron chi connectivity index (χ2n) is 5.30. The summed E-state index contributed by atoms with van der Waals surface area (Å²) in [5.74, 6) is 3.54. The summed E-state index contributed by atoms with van der Waals surface area (Å²) >= 11 is 0. The summed E-state index contributed by atoms with van der Waals surface area (Å²) in [4.78, 5) is 9.00. The quantitative estimate of drug-likeness (QED) is 0.880. The van der Waals surface area contributed by atoms with E-state index < -0.39 is 0 Å². The first-order valence-corrected chi connectivity index (χ1v) is 7.31. The number of benzene rings is 1. The number of aromatic nitrogens is 2. The number of ether oxygens (including phenoxy) is 1. The van der Waals surface area contributed by atoms with Gasteiger partial charge in [-0.2, -0.15) is 0 Å². The third-order valence-electron chi connectivity index (χ3n) is 3.57. The SMILES string of the molecule is CCOc1ccc(Nc2nc(C3CC3)nc(N)c2C)cc1. The molecule has 0 atom stereocenters. The first kappa shape index (κ1) is 13.7. The van der Waals surface area contributed by atoms with Gasteiger partial charge in [-0.1, -0.05) is 0 Å². The van der Waals surface area contributed by atoms with Crippen molar-refractivity contribution in [2.24, 2.45) is 0 Å². The summed E-state index contributed by atoms with van der Waals surface area (Å²) in [5.41, 5.74) is 7.84. The standard InChI is InChI=1S/C16H20N4O/c1-3-21-13-8-6-12(7-9-13)18-15-10(2)14(17)19-16(20-15)11-4-5-11/h6-9,11H,3-5H2,1-2H3,(H3,17,18,19,20). The molecular formula is C16H20N4O. The monoisotopic (exact) mass is 284 g/mol. The molecule has 3 N–H and O–H groups in total. The summed E-state index contributed by atoms with van der Waals surface area (Å²) < 4.78 is 5.44. The molecule has 0 saturated heterocycles. The Hall–Kier alpha value is -2.30. The Bertz CT molecular complexity index is 635. The van der Waals surface area contributed by atoms with Gasteiger partial charge in [-0.05, 0) is 51.0 Å². The van der Waals surface area contributed by atoms with Crippen LogP contribution in [0.1, 0.15) is 37.1 Å². The van der Waals surface area contributed by atoms with Crippen molar-refractivity contribution < 1.29 is 4.74 Å². The van der Waals surface area contributed by atoms with Gasteiger partial charge in [-0.15, -0.1) is 0 Å². The molecule has 5 nitrogen and oxygen atoms in total. The Balaban J connectivity index is 1.83. The van der Waals surface area contributed by atoms with Crippen molar-refractivity contribution in [1.29, 1.82) is 0 Å². The van der Waals surface area contributed by atoms with Crippen molar-refractivity contribution >= 4 is 17.3 Å². The zero-order valence-corrected chi connectivity index (χ0v) is 12.4. The van der Waals surface area contributed by atoms with Crippen LogP contribution in [0.5, 0.6) is 5.75 Å². The summed E-state index contributed by atoms with van der Waals surface area (Å²) in [6, 6.07) is 7.82. The van der Waals surface area contributed by atoms with Crippen molar-refractivity contribution in [3.8, 4) is 5.75 Å². The molecule has 1 fully saturated rings. The van der Waals surface area contributed by atoms with Gasteiger partial charge in [0.15, 0.2) is 0 Å². The minimum Gasteiger partial charge on any atom is -0.494 e. The molecule has 1 aliphatic rings. The predicted molar refractivity (Wildman–Crippen MR) is 84.1 cm³/mol. The fourth-order valence-electron chi connectivity index (χ4n) is 2.14. The summed E-state index contributed by atoms with van der Waals surface area (Å²) in [7, 11) is 0. The van der Waals surface area contributed by atoms with Crippen LogP contribution in [-0.2, 0) is 0 Å². The lowest BCUT2D eigenvalue weighted by atomic mass is 10.2. The molecule has 0 amide bonds. The fraction of sp³-hybridized carbons (Fsp3) is 0.375. The number of nitrogens with zero attached hydrogens (tertiary/aromatic N) is 2. The molecule has 0 radical (unpaired) electrons. The van der Waals surface area contributed by atoms with Crippen LogP contribution in [0.2, 0.25) is 0 Å². The molecule has 1 heterocycles. The zero-order valence-electron chi connectivity index (χ0n) is 12.4. The molecule has 3 rings (SSSR count). The highest BCUT2D eigenvalue weighted by Crippen LogP contribution is 2.39. The second kappa shape index (κ2) is 5.60. The molecule has 0 spiro atoms. The molecule has 21 heavy (non-hydrogen) atoms. The van der Waals surface area contributed by atoms with E-state index in [1.165, 1.54) is 0 Å². The number of anilines is 3. The van der Waals surface area contributed by atoms with Crippen molar-refractivity contribution in [3.05, 3.63) is 35.7 Å². The van der Waals surface area contributed by atoms with Gasteiger partial charge in [0.05, 0.1) is 6.61 Å². The Kier molecular flexibility index (Phi) is 3.64. The van der Waals surface area contributed by atoms with Crippen LogP contribution >= 0.6 is 0 Å². The van der Waals surface area contributed by atoms with E-state index in [0.717, 1.165) is 41.5 Å². The number of nitrogens with one attached hydrogen (secondary N) is 1. The van der Waals surface area contributed by atoms with E-state index in [9.17, 15) is 0 Å². The predicted octanol–water partition coefficient (Wildman–Crippen LogP) is 3.39. The van der Waals surface area contributed by atoms with Gasteiger partial charge in [0.25, 0.3) is 0 Å². The van der Waals surface area contributed by atoms with Gasteiger partial charge in [0.1, 0.15) is 23.2 Å². The second-order valence-corrected chi connectivity index (χ2v) is 5.30. The number of hydrogen-bond acceptors (Lipinski definition) is 5. The fourth-order valence-corrected chi connectivity index (χ4v) is 2.14. The Morgan fingerprint density at radius 1 is 1.24 bits per heavy atom. The van der Waals surface area contributed by atoms with Crippen LogP contribution in [0.3, 0.4) is 0 Å². The zero-order chi connectivity index (χ0) is 14.8. The van der Waals surface area contributed by atoms with Gasteiger partial charge >= 0.3 is 0 Å². The van der Waals surface area contributed by atoms with Crippen molar-refractivity contribution in [1.82, 2.24) is 9.97 Å². The lowest BCUT2D eigenvalue weighted by Gasteiger charge is -2.12. The Morgan fingerprint density at radius 3 is 2.57 bits per heavy atom. The highest BCUT2D eigenvalue weighted by atomic mass is 16.5.